The third-order valence-electron chi connectivity index (χ3n) is 4.18. The van der Waals surface area contributed by atoms with Crippen LogP contribution in [-0.4, -0.2) is 27.0 Å². The Hall–Kier alpha value is -3.57. The number of halogens is 1. The highest BCUT2D eigenvalue weighted by molar-refractivity contribution is 7.15. The lowest BCUT2D eigenvalue weighted by molar-refractivity contribution is 0.0954. The zero-order valence-corrected chi connectivity index (χ0v) is 15.4. The van der Waals surface area contributed by atoms with Gasteiger partial charge in [0.2, 0.25) is 4.96 Å². The lowest BCUT2D eigenvalue weighted by Gasteiger charge is -2.04. The van der Waals surface area contributed by atoms with Crippen molar-refractivity contribution in [3.8, 4) is 17.5 Å². The predicted octanol–water partition coefficient (Wildman–Crippen LogP) is 3.44. The minimum absolute atomic E-state index is 0.199. The Morgan fingerprint density at radius 1 is 1.25 bits per heavy atom. The average Bonchev–Trinajstić information content (AvgIpc) is 3.30. The summed E-state index contributed by atoms with van der Waals surface area (Å²) in [5.41, 5.74) is 2.55. The van der Waals surface area contributed by atoms with E-state index in [0.29, 0.717) is 40.4 Å². The lowest BCUT2D eigenvalue weighted by Crippen LogP contribution is -2.26. The summed E-state index contributed by atoms with van der Waals surface area (Å²) in [5, 5.41) is 18.1. The summed E-state index contributed by atoms with van der Waals surface area (Å²) in [5.74, 6) is -0.0642. The van der Waals surface area contributed by atoms with E-state index < -0.39 is 0 Å². The van der Waals surface area contributed by atoms with Gasteiger partial charge in [-0.3, -0.25) is 4.79 Å². The van der Waals surface area contributed by atoms with E-state index in [2.05, 4.69) is 15.4 Å². The molecule has 0 atom stereocenters. The maximum Gasteiger partial charge on any atom is 0.251 e. The van der Waals surface area contributed by atoms with Crippen LogP contribution in [0.2, 0.25) is 0 Å². The molecule has 2 aromatic carbocycles. The largest absolute Gasteiger partial charge is 0.352 e. The second-order valence-corrected chi connectivity index (χ2v) is 6.90. The molecule has 0 radical (unpaired) electrons. The summed E-state index contributed by atoms with van der Waals surface area (Å²) < 4.78 is 15.1. The normalized spacial score (nSPS) is 10.7. The van der Waals surface area contributed by atoms with Gasteiger partial charge in [-0.05, 0) is 36.4 Å². The molecule has 1 amide bonds. The van der Waals surface area contributed by atoms with Gasteiger partial charge in [-0.1, -0.05) is 12.1 Å². The number of amides is 1. The molecule has 1 N–H and O–H groups in total. The van der Waals surface area contributed by atoms with Gasteiger partial charge in [0.15, 0.2) is 5.82 Å². The van der Waals surface area contributed by atoms with Crippen LogP contribution in [0.3, 0.4) is 0 Å². The Labute approximate surface area is 163 Å². The van der Waals surface area contributed by atoms with Crippen LogP contribution in [0.25, 0.3) is 16.3 Å². The molecule has 138 valence electrons. The number of nitrogens with one attached hydrogen (secondary N) is 1. The van der Waals surface area contributed by atoms with Crippen LogP contribution in [0.5, 0.6) is 0 Å². The minimum Gasteiger partial charge on any atom is -0.352 e. The molecule has 8 heteroatoms. The highest BCUT2D eigenvalue weighted by Gasteiger charge is 2.12. The summed E-state index contributed by atoms with van der Waals surface area (Å²) in [4.78, 5) is 17.4. The maximum absolute atomic E-state index is 13.4. The molecule has 4 rings (SSSR count). The molecule has 0 saturated heterocycles. The first-order chi connectivity index (χ1) is 13.6. The van der Waals surface area contributed by atoms with Crippen LogP contribution in [0.4, 0.5) is 4.39 Å². The first-order valence-electron chi connectivity index (χ1n) is 8.51. The maximum atomic E-state index is 13.4. The van der Waals surface area contributed by atoms with Crippen molar-refractivity contribution >= 4 is 22.2 Å². The van der Waals surface area contributed by atoms with E-state index in [1.165, 1.54) is 23.5 Å². The van der Waals surface area contributed by atoms with Crippen molar-refractivity contribution in [3.05, 3.63) is 76.5 Å². The fourth-order valence-electron chi connectivity index (χ4n) is 2.75. The summed E-state index contributed by atoms with van der Waals surface area (Å²) in [6, 6.07) is 14.7. The van der Waals surface area contributed by atoms with Crippen LogP contribution in [-0.2, 0) is 6.42 Å². The third-order valence-corrected chi connectivity index (χ3v) is 5.04. The molecule has 0 spiro atoms. The molecule has 2 heterocycles. The summed E-state index contributed by atoms with van der Waals surface area (Å²) in [7, 11) is 0. The van der Waals surface area contributed by atoms with Gasteiger partial charge in [0, 0.05) is 29.5 Å². The van der Waals surface area contributed by atoms with Gasteiger partial charge in [0.25, 0.3) is 5.91 Å². The van der Waals surface area contributed by atoms with Crippen molar-refractivity contribution in [1.82, 2.24) is 19.9 Å². The molecule has 2 aromatic heterocycles. The number of nitriles is 1. The van der Waals surface area contributed by atoms with Gasteiger partial charge in [0.1, 0.15) is 5.82 Å². The van der Waals surface area contributed by atoms with Crippen LogP contribution in [0.1, 0.15) is 21.6 Å². The molecule has 0 unspecified atom stereocenters. The molecular formula is C20H14FN5OS. The monoisotopic (exact) mass is 391 g/mol. The van der Waals surface area contributed by atoms with E-state index in [0.717, 1.165) is 5.69 Å². The van der Waals surface area contributed by atoms with Crippen molar-refractivity contribution in [2.24, 2.45) is 0 Å². The second kappa shape index (κ2) is 7.58. The van der Waals surface area contributed by atoms with Gasteiger partial charge in [-0.25, -0.2) is 8.91 Å². The summed E-state index contributed by atoms with van der Waals surface area (Å²) >= 11 is 1.45. The topological polar surface area (TPSA) is 83.1 Å². The minimum atomic E-state index is -0.332. The molecule has 0 aliphatic rings. The van der Waals surface area contributed by atoms with Gasteiger partial charge in [-0.15, -0.1) is 16.4 Å². The molecule has 0 aliphatic heterocycles. The Bertz CT molecular complexity index is 1190. The molecule has 4 aromatic rings. The quantitative estimate of drug-likeness (QED) is 0.565. The fraction of sp³-hybridized carbons (Fsp3) is 0.100. The first-order valence-corrected chi connectivity index (χ1v) is 9.39. The molecule has 0 bridgehead atoms. The number of carbonyl (C=O) groups excluding carboxylic acids is 1. The smallest absolute Gasteiger partial charge is 0.251 e. The van der Waals surface area contributed by atoms with Crippen LogP contribution >= 0.6 is 11.3 Å². The number of nitrogens with zero attached hydrogens (tertiary/aromatic N) is 4. The van der Waals surface area contributed by atoms with Crippen molar-refractivity contribution in [2.75, 3.05) is 6.54 Å². The van der Waals surface area contributed by atoms with Gasteiger partial charge >= 0.3 is 0 Å². The number of hydrogen-bond donors (Lipinski definition) is 1. The van der Waals surface area contributed by atoms with E-state index in [1.807, 2.05) is 11.4 Å². The predicted molar refractivity (Wildman–Crippen MR) is 103 cm³/mol. The molecule has 0 fully saturated rings. The number of aromatic nitrogens is 3. The average molecular weight is 391 g/mol. The zero-order chi connectivity index (χ0) is 19.5. The van der Waals surface area contributed by atoms with Gasteiger partial charge in [-0.2, -0.15) is 10.2 Å². The highest BCUT2D eigenvalue weighted by atomic mass is 32.1. The highest BCUT2D eigenvalue weighted by Crippen LogP contribution is 2.21. The van der Waals surface area contributed by atoms with Crippen molar-refractivity contribution in [1.29, 1.82) is 5.26 Å². The van der Waals surface area contributed by atoms with Crippen LogP contribution in [0, 0.1) is 17.1 Å². The van der Waals surface area contributed by atoms with Gasteiger partial charge in [0.05, 0.1) is 17.3 Å². The number of rotatable bonds is 5. The summed E-state index contributed by atoms with van der Waals surface area (Å²) in [6.07, 6.45) is 0.577. The standard InChI is InChI=1S/C20H14FN5OS/c21-16-3-1-2-15(10-16)18-24-20-26(25-18)17(12-28-20)8-9-23-19(27)14-6-4-13(11-22)5-7-14/h1-7,10,12H,8-9H2,(H,23,27). The SMILES string of the molecule is N#Cc1ccc(C(=O)NCCc2csc3nc(-c4cccc(F)c4)nn23)cc1. The van der Waals surface area contributed by atoms with Crippen molar-refractivity contribution < 1.29 is 9.18 Å². The van der Waals surface area contributed by atoms with E-state index >= 15 is 0 Å². The molecule has 28 heavy (non-hydrogen) atoms. The molecule has 0 aliphatic carbocycles. The molecule has 0 saturated carbocycles. The van der Waals surface area contributed by atoms with Gasteiger partial charge < -0.3 is 5.32 Å². The molecular weight excluding hydrogens is 377 g/mol. The number of fused-ring (bicyclic) bond motifs is 1. The lowest BCUT2D eigenvalue weighted by atomic mass is 10.1. The van der Waals surface area contributed by atoms with Crippen molar-refractivity contribution in [3.63, 3.8) is 0 Å². The molecule has 6 nitrogen and oxygen atoms in total. The van der Waals surface area contributed by atoms with Crippen LogP contribution in [0.15, 0.2) is 53.9 Å². The Morgan fingerprint density at radius 3 is 2.82 bits per heavy atom. The Morgan fingerprint density at radius 2 is 2.07 bits per heavy atom. The number of benzene rings is 2. The number of carbonyl (C=O) groups is 1. The van der Waals surface area contributed by atoms with Crippen molar-refractivity contribution in [2.45, 2.75) is 6.42 Å². The van der Waals surface area contributed by atoms with E-state index in [-0.39, 0.29) is 11.7 Å². The Balaban J connectivity index is 1.43. The Kier molecular flexibility index (Phi) is 4.83. The number of hydrogen-bond acceptors (Lipinski definition) is 5. The van der Waals surface area contributed by atoms with E-state index in [1.54, 1.807) is 40.9 Å². The fourth-order valence-corrected chi connectivity index (χ4v) is 3.61. The second-order valence-electron chi connectivity index (χ2n) is 6.06. The summed E-state index contributed by atoms with van der Waals surface area (Å²) in [6.45, 7) is 0.430. The third kappa shape index (κ3) is 3.61. The number of thiazole rings is 1. The zero-order valence-electron chi connectivity index (χ0n) is 14.6. The first kappa shape index (κ1) is 17.8. The van der Waals surface area contributed by atoms with E-state index in [9.17, 15) is 9.18 Å². The van der Waals surface area contributed by atoms with Crippen LogP contribution < -0.4 is 5.32 Å². The van der Waals surface area contributed by atoms with E-state index in [4.69, 9.17) is 5.26 Å².